The third kappa shape index (κ3) is 5.72. The van der Waals surface area contributed by atoms with Crippen LogP contribution in [0.2, 0.25) is 10.0 Å². The van der Waals surface area contributed by atoms with Crippen molar-refractivity contribution >= 4 is 58.2 Å². The lowest BCUT2D eigenvalue weighted by Gasteiger charge is -2.07. The van der Waals surface area contributed by atoms with Crippen molar-refractivity contribution in [3.8, 4) is 11.4 Å². The van der Waals surface area contributed by atoms with Crippen LogP contribution >= 0.6 is 35.0 Å². The number of halogens is 2. The van der Waals surface area contributed by atoms with Gasteiger partial charge in [0.1, 0.15) is 0 Å². The molecule has 7 nitrogen and oxygen atoms in total. The number of rotatable bonds is 6. The Hall–Kier alpha value is -2.55. The summed E-state index contributed by atoms with van der Waals surface area (Å²) in [5.74, 6) is 0.465. The highest BCUT2D eigenvalue weighted by molar-refractivity contribution is 7.99. The average Bonchev–Trinajstić information content (AvgIpc) is 3.00. The van der Waals surface area contributed by atoms with Crippen molar-refractivity contribution in [2.75, 3.05) is 16.4 Å². The molecule has 10 heteroatoms. The van der Waals surface area contributed by atoms with Gasteiger partial charge in [0, 0.05) is 41.0 Å². The summed E-state index contributed by atoms with van der Waals surface area (Å²) in [5.41, 5.74) is 2.08. The Bertz CT molecular complexity index is 1030. The standard InChI is InChI=1S/C19H17Cl2N5O2S/c1-11(27)22-15-5-3-12(4-6-15)18-24-25-19(26(18)2)29-10-17(28)23-16-8-13(20)7-14(21)9-16/h3-9H,10H2,1-2H3,(H,22,27)(H,23,28). The summed E-state index contributed by atoms with van der Waals surface area (Å²) in [6, 6.07) is 12.1. The largest absolute Gasteiger partial charge is 0.326 e. The molecule has 3 aromatic rings. The maximum atomic E-state index is 12.2. The quantitative estimate of drug-likeness (QED) is 0.541. The van der Waals surface area contributed by atoms with Gasteiger partial charge in [-0.2, -0.15) is 0 Å². The second-order valence-electron chi connectivity index (χ2n) is 6.12. The summed E-state index contributed by atoms with van der Waals surface area (Å²) in [5, 5.41) is 15.3. The van der Waals surface area contributed by atoms with E-state index in [4.69, 9.17) is 23.2 Å². The molecule has 29 heavy (non-hydrogen) atoms. The lowest BCUT2D eigenvalue weighted by atomic mass is 10.2. The topological polar surface area (TPSA) is 88.9 Å². The van der Waals surface area contributed by atoms with Gasteiger partial charge in [-0.3, -0.25) is 9.59 Å². The van der Waals surface area contributed by atoms with Crippen LogP contribution < -0.4 is 10.6 Å². The summed E-state index contributed by atoms with van der Waals surface area (Å²) in [6.07, 6.45) is 0. The third-order valence-corrected chi connectivity index (χ3v) is 5.23. The van der Waals surface area contributed by atoms with Gasteiger partial charge in [0.25, 0.3) is 0 Å². The van der Waals surface area contributed by atoms with Gasteiger partial charge in [0.2, 0.25) is 11.8 Å². The van der Waals surface area contributed by atoms with Gasteiger partial charge >= 0.3 is 0 Å². The second-order valence-corrected chi connectivity index (χ2v) is 7.93. The van der Waals surface area contributed by atoms with Crippen molar-refractivity contribution in [1.29, 1.82) is 0 Å². The Morgan fingerprint density at radius 1 is 1.00 bits per heavy atom. The number of aromatic nitrogens is 3. The van der Waals surface area contributed by atoms with E-state index in [1.54, 1.807) is 30.3 Å². The minimum absolute atomic E-state index is 0.131. The zero-order chi connectivity index (χ0) is 21.0. The Balaban J connectivity index is 1.63. The fourth-order valence-corrected chi connectivity index (χ4v) is 3.79. The fraction of sp³-hybridized carbons (Fsp3) is 0.158. The molecular formula is C19H17Cl2N5O2S. The van der Waals surface area contributed by atoms with Gasteiger partial charge in [-0.1, -0.05) is 35.0 Å². The van der Waals surface area contributed by atoms with E-state index in [-0.39, 0.29) is 17.6 Å². The molecule has 0 fully saturated rings. The molecular weight excluding hydrogens is 433 g/mol. The van der Waals surface area contributed by atoms with Gasteiger partial charge in [0.15, 0.2) is 11.0 Å². The molecule has 3 rings (SSSR count). The van der Waals surface area contributed by atoms with Crippen LogP contribution in [0, 0.1) is 0 Å². The summed E-state index contributed by atoms with van der Waals surface area (Å²) in [7, 11) is 1.83. The first kappa shape index (κ1) is 21.2. The Kier molecular flexibility index (Phi) is 6.79. The molecule has 2 N–H and O–H groups in total. The van der Waals surface area contributed by atoms with Crippen LogP contribution in [0.25, 0.3) is 11.4 Å². The van der Waals surface area contributed by atoms with Crippen LogP contribution in [0.3, 0.4) is 0 Å². The van der Waals surface area contributed by atoms with Crippen molar-refractivity contribution in [3.05, 3.63) is 52.5 Å². The van der Waals surface area contributed by atoms with Crippen molar-refractivity contribution in [2.24, 2.45) is 7.05 Å². The highest BCUT2D eigenvalue weighted by Gasteiger charge is 2.13. The average molecular weight is 450 g/mol. The highest BCUT2D eigenvalue weighted by atomic mass is 35.5. The summed E-state index contributed by atoms with van der Waals surface area (Å²) < 4.78 is 1.81. The summed E-state index contributed by atoms with van der Waals surface area (Å²) in [4.78, 5) is 23.3. The number of hydrogen-bond acceptors (Lipinski definition) is 5. The zero-order valence-corrected chi connectivity index (χ0v) is 17.9. The van der Waals surface area contributed by atoms with Gasteiger partial charge in [0.05, 0.1) is 5.75 Å². The van der Waals surface area contributed by atoms with E-state index in [1.165, 1.54) is 18.7 Å². The van der Waals surface area contributed by atoms with E-state index in [9.17, 15) is 9.59 Å². The van der Waals surface area contributed by atoms with Crippen LogP contribution in [-0.4, -0.2) is 32.3 Å². The zero-order valence-electron chi connectivity index (χ0n) is 15.6. The van der Waals surface area contributed by atoms with E-state index in [0.717, 1.165) is 5.56 Å². The molecule has 0 aliphatic heterocycles. The maximum absolute atomic E-state index is 12.2. The predicted octanol–water partition coefficient (Wildman–Crippen LogP) is 4.48. The summed E-state index contributed by atoms with van der Waals surface area (Å²) in [6.45, 7) is 1.46. The van der Waals surface area contributed by atoms with Gasteiger partial charge in [-0.05, 0) is 42.5 Å². The van der Waals surface area contributed by atoms with E-state index in [0.29, 0.717) is 32.4 Å². The molecule has 0 aliphatic carbocycles. The summed E-state index contributed by atoms with van der Waals surface area (Å²) >= 11 is 13.1. The molecule has 0 bridgehead atoms. The van der Waals surface area contributed by atoms with Crippen molar-refractivity contribution in [2.45, 2.75) is 12.1 Å². The third-order valence-electron chi connectivity index (χ3n) is 3.78. The van der Waals surface area contributed by atoms with E-state index >= 15 is 0 Å². The number of thioether (sulfide) groups is 1. The SMILES string of the molecule is CC(=O)Nc1ccc(-c2nnc(SCC(=O)Nc3cc(Cl)cc(Cl)c3)n2C)cc1. The molecule has 0 spiro atoms. The first-order valence-corrected chi connectivity index (χ1v) is 10.2. The van der Waals surface area contributed by atoms with Crippen LogP contribution in [0.15, 0.2) is 47.6 Å². The predicted molar refractivity (Wildman–Crippen MR) is 117 cm³/mol. The number of anilines is 2. The Morgan fingerprint density at radius 2 is 1.66 bits per heavy atom. The normalized spacial score (nSPS) is 10.6. The molecule has 0 unspecified atom stereocenters. The minimum atomic E-state index is -0.211. The molecule has 150 valence electrons. The number of benzene rings is 2. The molecule has 2 aromatic carbocycles. The molecule has 0 aliphatic rings. The number of carbonyl (C=O) groups excluding carboxylic acids is 2. The molecule has 1 heterocycles. The number of carbonyl (C=O) groups is 2. The van der Waals surface area contributed by atoms with E-state index < -0.39 is 0 Å². The maximum Gasteiger partial charge on any atom is 0.234 e. The van der Waals surface area contributed by atoms with Crippen molar-refractivity contribution < 1.29 is 9.59 Å². The monoisotopic (exact) mass is 449 g/mol. The van der Waals surface area contributed by atoms with Crippen LogP contribution in [0.5, 0.6) is 0 Å². The Labute approximate surface area is 181 Å². The Morgan fingerprint density at radius 3 is 2.28 bits per heavy atom. The molecule has 1 aromatic heterocycles. The number of hydrogen-bond donors (Lipinski definition) is 2. The first-order valence-electron chi connectivity index (χ1n) is 8.48. The molecule has 0 saturated heterocycles. The van der Waals surface area contributed by atoms with Crippen LogP contribution in [-0.2, 0) is 16.6 Å². The lowest BCUT2D eigenvalue weighted by molar-refractivity contribution is -0.114. The van der Waals surface area contributed by atoms with E-state index in [2.05, 4.69) is 20.8 Å². The lowest BCUT2D eigenvalue weighted by Crippen LogP contribution is -2.14. The number of nitrogens with one attached hydrogen (secondary N) is 2. The van der Waals surface area contributed by atoms with Crippen LogP contribution in [0.4, 0.5) is 11.4 Å². The molecule has 2 amide bonds. The van der Waals surface area contributed by atoms with Gasteiger partial charge in [-0.25, -0.2) is 0 Å². The smallest absolute Gasteiger partial charge is 0.234 e. The van der Waals surface area contributed by atoms with Gasteiger partial charge < -0.3 is 15.2 Å². The second kappa shape index (κ2) is 9.30. The van der Waals surface area contributed by atoms with Gasteiger partial charge in [-0.15, -0.1) is 10.2 Å². The molecule has 0 radical (unpaired) electrons. The highest BCUT2D eigenvalue weighted by Crippen LogP contribution is 2.25. The fourth-order valence-electron chi connectivity index (χ4n) is 2.55. The minimum Gasteiger partial charge on any atom is -0.326 e. The molecule has 0 atom stereocenters. The van der Waals surface area contributed by atoms with Crippen molar-refractivity contribution in [1.82, 2.24) is 14.8 Å². The van der Waals surface area contributed by atoms with Crippen molar-refractivity contribution in [3.63, 3.8) is 0 Å². The number of nitrogens with zero attached hydrogens (tertiary/aromatic N) is 3. The number of amides is 2. The van der Waals surface area contributed by atoms with Crippen LogP contribution in [0.1, 0.15) is 6.92 Å². The first-order chi connectivity index (χ1) is 13.8. The van der Waals surface area contributed by atoms with E-state index in [1.807, 2.05) is 23.7 Å². The molecule has 0 saturated carbocycles.